The lowest BCUT2D eigenvalue weighted by Crippen LogP contribution is -2.72. The molecule has 0 spiro atoms. The standard InChI is InChI=1S/C16H13F3N2O3S2/c17-16(18,19)15(24)11(13(23)10-2-1-7-26-10)12(20-14(25)21-15)8-3-5-9(22)6-4-8/h1-7,11-12,22,24H,(H2,20,21,25). The van der Waals surface area contributed by atoms with Crippen molar-refractivity contribution in [2.24, 2.45) is 5.92 Å². The number of phenolic OH excluding ortho intramolecular Hbond substituents is 1. The van der Waals surface area contributed by atoms with Crippen LogP contribution in [0, 0.1) is 5.92 Å². The van der Waals surface area contributed by atoms with E-state index in [0.717, 1.165) is 11.3 Å². The van der Waals surface area contributed by atoms with Crippen molar-refractivity contribution in [2.45, 2.75) is 17.9 Å². The van der Waals surface area contributed by atoms with Gasteiger partial charge in [0, 0.05) is 0 Å². The summed E-state index contributed by atoms with van der Waals surface area (Å²) >= 11 is 5.81. The van der Waals surface area contributed by atoms with Gasteiger partial charge < -0.3 is 20.8 Å². The van der Waals surface area contributed by atoms with Crippen LogP contribution in [0.2, 0.25) is 0 Å². The zero-order valence-electron chi connectivity index (χ0n) is 12.9. The molecule has 3 rings (SSSR count). The average Bonchev–Trinajstić information content (AvgIpc) is 3.08. The van der Waals surface area contributed by atoms with E-state index in [0.29, 0.717) is 0 Å². The molecule has 1 fully saturated rings. The number of hydrogen-bond donors (Lipinski definition) is 4. The number of carbonyl (C=O) groups is 1. The number of alkyl halides is 3. The number of Topliss-reactive ketones (excluding diaryl/α,β-unsaturated/α-hetero) is 1. The van der Waals surface area contributed by atoms with Gasteiger partial charge in [0.1, 0.15) is 11.7 Å². The SMILES string of the molecule is O=C(c1cccs1)C1C(c2ccc(O)cc2)NC(=S)NC1(O)C(F)(F)F. The number of ketones is 1. The molecular weight excluding hydrogens is 389 g/mol. The number of thiocarbonyl (C=S) groups is 1. The number of halogens is 3. The van der Waals surface area contributed by atoms with Gasteiger partial charge in [-0.05, 0) is 41.4 Å². The van der Waals surface area contributed by atoms with Crippen LogP contribution in [-0.4, -0.2) is 33.0 Å². The minimum atomic E-state index is -5.16. The molecule has 2 aromatic rings. The molecule has 26 heavy (non-hydrogen) atoms. The van der Waals surface area contributed by atoms with Crippen molar-refractivity contribution in [3.8, 4) is 5.75 Å². The quantitative estimate of drug-likeness (QED) is 0.467. The minimum Gasteiger partial charge on any atom is -0.508 e. The van der Waals surface area contributed by atoms with E-state index in [1.807, 2.05) is 5.32 Å². The van der Waals surface area contributed by atoms with Crippen LogP contribution in [0.5, 0.6) is 5.75 Å². The molecule has 0 amide bonds. The summed E-state index contributed by atoms with van der Waals surface area (Å²) in [5.41, 5.74) is -3.27. The van der Waals surface area contributed by atoms with Gasteiger partial charge in [0.25, 0.3) is 0 Å². The third-order valence-corrected chi connectivity index (χ3v) is 5.21. The molecule has 1 aromatic heterocycles. The van der Waals surface area contributed by atoms with Crippen LogP contribution in [0.15, 0.2) is 41.8 Å². The first-order valence-electron chi connectivity index (χ1n) is 7.38. The predicted molar refractivity (Wildman–Crippen MR) is 92.9 cm³/mol. The van der Waals surface area contributed by atoms with Gasteiger partial charge in [-0.1, -0.05) is 18.2 Å². The monoisotopic (exact) mass is 402 g/mol. The Labute approximate surface area is 155 Å². The number of benzene rings is 1. The van der Waals surface area contributed by atoms with Crippen LogP contribution in [0.1, 0.15) is 21.3 Å². The first kappa shape index (κ1) is 18.6. The van der Waals surface area contributed by atoms with Crippen molar-refractivity contribution in [2.75, 3.05) is 0 Å². The number of nitrogens with one attached hydrogen (secondary N) is 2. The van der Waals surface area contributed by atoms with E-state index in [1.54, 1.807) is 5.38 Å². The van der Waals surface area contributed by atoms with Crippen LogP contribution in [-0.2, 0) is 0 Å². The Morgan fingerprint density at radius 3 is 2.42 bits per heavy atom. The Bertz CT molecular complexity index is 824. The summed E-state index contributed by atoms with van der Waals surface area (Å²) in [4.78, 5) is 12.9. The number of hydrogen-bond acceptors (Lipinski definition) is 5. The van der Waals surface area contributed by atoms with E-state index >= 15 is 0 Å². The zero-order chi connectivity index (χ0) is 19.1. The number of thiophene rings is 1. The molecule has 5 nitrogen and oxygen atoms in total. The molecule has 10 heteroatoms. The third-order valence-electron chi connectivity index (χ3n) is 4.10. The van der Waals surface area contributed by atoms with E-state index < -0.39 is 34.8 Å². The lowest BCUT2D eigenvalue weighted by atomic mass is 9.79. The molecule has 2 heterocycles. The Hall–Kier alpha value is -2.17. The molecule has 0 bridgehead atoms. The van der Waals surface area contributed by atoms with Gasteiger partial charge >= 0.3 is 6.18 Å². The summed E-state index contributed by atoms with van der Waals surface area (Å²) in [7, 11) is 0. The number of rotatable bonds is 3. The molecule has 0 aliphatic carbocycles. The van der Waals surface area contributed by atoms with E-state index in [9.17, 15) is 28.2 Å². The molecule has 1 aliphatic rings. The van der Waals surface area contributed by atoms with Crippen molar-refractivity contribution >= 4 is 34.5 Å². The summed E-state index contributed by atoms with van der Waals surface area (Å²) in [6.07, 6.45) is -5.16. The van der Waals surface area contributed by atoms with Crippen LogP contribution >= 0.6 is 23.6 Å². The fourth-order valence-electron chi connectivity index (χ4n) is 2.87. The molecular formula is C16H13F3N2O3S2. The summed E-state index contributed by atoms with van der Waals surface area (Å²) < 4.78 is 41.1. The summed E-state index contributed by atoms with van der Waals surface area (Å²) in [5.74, 6) is -2.89. The largest absolute Gasteiger partial charge is 0.508 e. The first-order valence-corrected chi connectivity index (χ1v) is 8.66. The molecule has 138 valence electrons. The van der Waals surface area contributed by atoms with Gasteiger partial charge in [-0.15, -0.1) is 11.3 Å². The lowest BCUT2D eigenvalue weighted by Gasteiger charge is -2.46. The molecule has 0 radical (unpaired) electrons. The van der Waals surface area contributed by atoms with Crippen molar-refractivity contribution in [1.82, 2.24) is 10.6 Å². The first-order chi connectivity index (χ1) is 12.1. The minimum absolute atomic E-state index is 0.0814. The van der Waals surface area contributed by atoms with Crippen LogP contribution < -0.4 is 10.6 Å². The Morgan fingerprint density at radius 2 is 1.88 bits per heavy atom. The number of aliphatic hydroxyl groups is 1. The Morgan fingerprint density at radius 1 is 1.23 bits per heavy atom. The van der Waals surface area contributed by atoms with Crippen molar-refractivity contribution < 1.29 is 28.2 Å². The highest BCUT2D eigenvalue weighted by Crippen LogP contribution is 2.44. The highest BCUT2D eigenvalue weighted by atomic mass is 32.1. The van der Waals surface area contributed by atoms with Gasteiger partial charge in [0.15, 0.2) is 10.9 Å². The number of carbonyl (C=O) groups excluding carboxylic acids is 1. The van der Waals surface area contributed by atoms with Gasteiger partial charge in [0.2, 0.25) is 5.72 Å². The van der Waals surface area contributed by atoms with Gasteiger partial charge in [-0.2, -0.15) is 13.2 Å². The topological polar surface area (TPSA) is 81.6 Å². The van der Waals surface area contributed by atoms with E-state index in [1.165, 1.54) is 36.4 Å². The smallest absolute Gasteiger partial charge is 0.437 e. The third kappa shape index (κ3) is 3.15. The molecule has 0 saturated carbocycles. The van der Waals surface area contributed by atoms with Crippen molar-refractivity contribution in [3.05, 3.63) is 52.2 Å². The second kappa shape index (κ2) is 6.53. The number of phenols is 1. The lowest BCUT2D eigenvalue weighted by molar-refractivity contribution is -0.285. The molecule has 3 atom stereocenters. The normalized spacial score (nSPS) is 26.1. The molecule has 1 aromatic carbocycles. The van der Waals surface area contributed by atoms with E-state index in [2.05, 4.69) is 5.32 Å². The number of aromatic hydroxyl groups is 1. The van der Waals surface area contributed by atoms with E-state index in [-0.39, 0.29) is 16.2 Å². The maximum Gasteiger partial charge on any atom is 0.437 e. The maximum atomic E-state index is 13.7. The highest BCUT2D eigenvalue weighted by Gasteiger charge is 2.65. The van der Waals surface area contributed by atoms with Crippen LogP contribution in [0.4, 0.5) is 13.2 Å². The van der Waals surface area contributed by atoms with Gasteiger partial charge in [-0.25, -0.2) is 0 Å². The fraction of sp³-hybridized carbons (Fsp3) is 0.250. The second-order valence-corrected chi connectivity index (χ2v) is 7.11. The van der Waals surface area contributed by atoms with Crippen LogP contribution in [0.3, 0.4) is 0 Å². The Kier molecular flexibility index (Phi) is 4.67. The summed E-state index contributed by atoms with van der Waals surface area (Å²) in [5, 5.41) is 25.5. The van der Waals surface area contributed by atoms with Gasteiger partial charge in [-0.3, -0.25) is 4.79 Å². The molecule has 3 unspecified atom stereocenters. The highest BCUT2D eigenvalue weighted by molar-refractivity contribution is 7.80. The second-order valence-electron chi connectivity index (χ2n) is 5.75. The average molecular weight is 402 g/mol. The van der Waals surface area contributed by atoms with Crippen molar-refractivity contribution in [1.29, 1.82) is 0 Å². The molecule has 4 N–H and O–H groups in total. The maximum absolute atomic E-state index is 13.7. The fourth-order valence-corrected chi connectivity index (χ4v) is 3.86. The van der Waals surface area contributed by atoms with Crippen LogP contribution in [0.25, 0.3) is 0 Å². The van der Waals surface area contributed by atoms with E-state index in [4.69, 9.17) is 12.2 Å². The summed E-state index contributed by atoms with van der Waals surface area (Å²) in [6.45, 7) is 0. The van der Waals surface area contributed by atoms with Gasteiger partial charge in [0.05, 0.1) is 10.9 Å². The zero-order valence-corrected chi connectivity index (χ0v) is 14.6. The summed E-state index contributed by atoms with van der Waals surface area (Å²) in [6, 6.07) is 6.98. The molecule has 1 saturated heterocycles. The predicted octanol–water partition coefficient (Wildman–Crippen LogP) is 2.72. The molecule has 1 aliphatic heterocycles. The van der Waals surface area contributed by atoms with Crippen molar-refractivity contribution in [3.63, 3.8) is 0 Å². The Balaban J connectivity index is 2.14.